The Morgan fingerprint density at radius 3 is 1.25 bits per heavy atom. The summed E-state index contributed by atoms with van der Waals surface area (Å²) in [5, 5.41) is 8.31. The van der Waals surface area contributed by atoms with Crippen LogP contribution in [-0.2, 0) is 19.1 Å². The Labute approximate surface area is 349 Å². The summed E-state index contributed by atoms with van der Waals surface area (Å²) >= 11 is 0. The molecule has 0 radical (unpaired) electrons. The number of carbonyl (C=O) groups is 4. The van der Waals surface area contributed by atoms with Crippen molar-refractivity contribution in [2.24, 2.45) is 10.2 Å². The van der Waals surface area contributed by atoms with Crippen molar-refractivity contribution >= 4 is 36.3 Å². The van der Waals surface area contributed by atoms with Gasteiger partial charge >= 0.3 is 23.9 Å². The summed E-state index contributed by atoms with van der Waals surface area (Å²) in [5.41, 5.74) is 1.95. The smallest absolute Gasteiger partial charge is 0.343 e. The minimum absolute atomic E-state index is 0.240. The molecule has 0 amide bonds. The molecule has 0 atom stereocenters. The van der Waals surface area contributed by atoms with Crippen LogP contribution in [0, 0.1) is 0 Å². The number of hydrogen-bond acceptors (Lipinski definition) is 14. The van der Waals surface area contributed by atoms with Gasteiger partial charge in [0.1, 0.15) is 11.5 Å². The third kappa shape index (κ3) is 15.6. The minimum atomic E-state index is -0.569. The lowest BCUT2D eigenvalue weighted by Gasteiger charge is -2.12. The Morgan fingerprint density at radius 2 is 0.883 bits per heavy atom. The first kappa shape index (κ1) is 45.5. The maximum Gasteiger partial charge on any atom is 0.343 e. The van der Waals surface area contributed by atoms with Gasteiger partial charge in [-0.3, -0.25) is 0 Å². The molecule has 0 N–H and O–H groups in total. The second-order valence-corrected chi connectivity index (χ2v) is 12.4. The van der Waals surface area contributed by atoms with Gasteiger partial charge in [-0.2, -0.15) is 10.2 Å². The minimum Gasteiger partial charge on any atom is -0.494 e. The van der Waals surface area contributed by atoms with Crippen molar-refractivity contribution in [3.63, 3.8) is 0 Å². The van der Waals surface area contributed by atoms with Crippen molar-refractivity contribution in [3.8, 4) is 34.5 Å². The lowest BCUT2D eigenvalue weighted by Crippen LogP contribution is -2.10. The molecule has 0 aromatic heterocycles. The van der Waals surface area contributed by atoms with Crippen LogP contribution in [-0.4, -0.2) is 75.9 Å². The standard InChI is InChI=1S/C46H48N2O12/c1-5-43(49)57-27-11-9-25-55-37-19-15-35(16-20-37)45(51)59-39-23-13-33(29-41(39)53-7-3)31-47-48-32-34-14-24-40(42(30-34)54-8-4)60-46(52)36-17-21-38(22-18-36)56-26-10-12-28-58-44(50)6-2/h5-6,13-24,29-32H,1-2,7-12,25-28H2,3-4H3/b47-31+,48-32+. The van der Waals surface area contributed by atoms with Crippen LogP contribution in [0.2, 0.25) is 0 Å². The summed E-state index contributed by atoms with van der Waals surface area (Å²) in [7, 11) is 0. The average Bonchev–Trinajstić information content (AvgIpc) is 3.26. The van der Waals surface area contributed by atoms with Gasteiger partial charge in [-0.1, -0.05) is 13.2 Å². The van der Waals surface area contributed by atoms with Crippen LogP contribution in [0.1, 0.15) is 71.4 Å². The predicted molar refractivity (Wildman–Crippen MR) is 225 cm³/mol. The van der Waals surface area contributed by atoms with E-state index in [2.05, 4.69) is 23.4 Å². The van der Waals surface area contributed by atoms with Gasteiger partial charge < -0.3 is 37.9 Å². The van der Waals surface area contributed by atoms with Crippen LogP contribution in [0.15, 0.2) is 120 Å². The van der Waals surface area contributed by atoms with Crippen LogP contribution >= 0.6 is 0 Å². The van der Waals surface area contributed by atoms with E-state index in [1.54, 1.807) is 84.9 Å². The molecule has 4 rings (SSSR count). The fourth-order valence-corrected chi connectivity index (χ4v) is 5.06. The molecule has 0 saturated carbocycles. The molecule has 14 heteroatoms. The Balaban J connectivity index is 1.28. The first-order valence-corrected chi connectivity index (χ1v) is 19.3. The molecule has 0 aliphatic heterocycles. The number of nitrogens with zero attached hydrogens (tertiary/aromatic N) is 2. The average molecular weight is 821 g/mol. The van der Waals surface area contributed by atoms with Crippen molar-refractivity contribution in [1.82, 2.24) is 0 Å². The van der Waals surface area contributed by atoms with Gasteiger partial charge in [0.25, 0.3) is 0 Å². The molecule has 0 saturated heterocycles. The molecule has 314 valence electrons. The monoisotopic (exact) mass is 820 g/mol. The van der Waals surface area contributed by atoms with Crippen LogP contribution in [0.25, 0.3) is 0 Å². The summed E-state index contributed by atoms with van der Waals surface area (Å²) in [6, 6.07) is 23.2. The van der Waals surface area contributed by atoms with Crippen LogP contribution in [0.3, 0.4) is 0 Å². The highest BCUT2D eigenvalue weighted by Crippen LogP contribution is 2.30. The van der Waals surface area contributed by atoms with E-state index in [0.717, 1.165) is 12.2 Å². The topological polar surface area (TPSA) is 167 Å². The molecule has 0 fully saturated rings. The fourth-order valence-electron chi connectivity index (χ4n) is 5.06. The molecule has 0 aliphatic carbocycles. The van der Waals surface area contributed by atoms with Crippen molar-refractivity contribution < 1.29 is 57.1 Å². The maximum absolute atomic E-state index is 12.9. The number of benzene rings is 4. The molecule has 0 aliphatic rings. The highest BCUT2D eigenvalue weighted by atomic mass is 16.6. The summed E-state index contributed by atoms with van der Waals surface area (Å²) in [6.45, 7) is 12.4. The van der Waals surface area contributed by atoms with Gasteiger partial charge in [0.2, 0.25) is 0 Å². The largest absolute Gasteiger partial charge is 0.494 e. The van der Waals surface area contributed by atoms with E-state index in [9.17, 15) is 19.2 Å². The lowest BCUT2D eigenvalue weighted by molar-refractivity contribution is -0.138. The third-order valence-corrected chi connectivity index (χ3v) is 8.04. The highest BCUT2D eigenvalue weighted by molar-refractivity contribution is 5.93. The second kappa shape index (κ2) is 25.2. The number of ether oxygens (including phenoxy) is 8. The first-order valence-electron chi connectivity index (χ1n) is 19.3. The van der Waals surface area contributed by atoms with E-state index in [1.807, 2.05) is 13.8 Å². The summed E-state index contributed by atoms with van der Waals surface area (Å²) in [6.07, 6.45) is 7.96. The Hall–Kier alpha value is -7.22. The zero-order valence-electron chi connectivity index (χ0n) is 33.7. The maximum atomic E-state index is 12.9. The highest BCUT2D eigenvalue weighted by Gasteiger charge is 2.15. The van der Waals surface area contributed by atoms with E-state index >= 15 is 0 Å². The quantitative estimate of drug-likeness (QED) is 0.0157. The number of carbonyl (C=O) groups excluding carboxylic acids is 4. The summed E-state index contributed by atoms with van der Waals surface area (Å²) in [5.74, 6) is 0.315. The Kier molecular flexibility index (Phi) is 19.1. The molecule has 4 aromatic rings. The van der Waals surface area contributed by atoms with Gasteiger partial charge in [0.15, 0.2) is 23.0 Å². The molecule has 4 aromatic carbocycles. The molecule has 0 bridgehead atoms. The molecule has 0 spiro atoms. The van der Waals surface area contributed by atoms with E-state index in [1.165, 1.54) is 12.4 Å². The van der Waals surface area contributed by atoms with E-state index in [4.69, 9.17) is 37.9 Å². The second-order valence-electron chi connectivity index (χ2n) is 12.4. The van der Waals surface area contributed by atoms with Gasteiger partial charge in [-0.25, -0.2) is 19.2 Å². The normalized spacial score (nSPS) is 10.8. The Bertz CT molecular complexity index is 1960. The molecule has 60 heavy (non-hydrogen) atoms. The lowest BCUT2D eigenvalue weighted by atomic mass is 10.2. The molecular weight excluding hydrogens is 773 g/mol. The molecule has 0 unspecified atom stereocenters. The molecule has 0 heterocycles. The van der Waals surface area contributed by atoms with Gasteiger partial charge in [-0.05, 0) is 136 Å². The van der Waals surface area contributed by atoms with Crippen LogP contribution in [0.4, 0.5) is 0 Å². The Morgan fingerprint density at radius 1 is 0.500 bits per heavy atom. The van der Waals surface area contributed by atoms with E-state index < -0.39 is 23.9 Å². The van der Waals surface area contributed by atoms with E-state index in [-0.39, 0.29) is 11.5 Å². The summed E-state index contributed by atoms with van der Waals surface area (Å²) < 4.78 is 44.1. The third-order valence-electron chi connectivity index (χ3n) is 8.04. The first-order chi connectivity index (χ1) is 29.2. The SMILES string of the molecule is C=CC(=O)OCCCCOc1ccc(C(=O)Oc2ccc(/C=N/N=C/c3ccc(OC(=O)c4ccc(OCCCCOC(=O)C=C)cc4)c(OCC)c3)cc2OCC)cc1. The zero-order chi connectivity index (χ0) is 43.0. The van der Waals surface area contributed by atoms with Crippen molar-refractivity contribution in [1.29, 1.82) is 0 Å². The number of esters is 4. The van der Waals surface area contributed by atoms with Gasteiger partial charge in [0, 0.05) is 12.2 Å². The number of unbranched alkanes of at least 4 members (excludes halogenated alkanes) is 2. The molecule has 14 nitrogen and oxygen atoms in total. The van der Waals surface area contributed by atoms with Crippen molar-refractivity contribution in [2.75, 3.05) is 39.6 Å². The van der Waals surface area contributed by atoms with E-state index in [0.29, 0.717) is 111 Å². The summed E-state index contributed by atoms with van der Waals surface area (Å²) in [4.78, 5) is 48.1. The van der Waals surface area contributed by atoms with Gasteiger partial charge in [-0.15, -0.1) is 0 Å². The van der Waals surface area contributed by atoms with Crippen LogP contribution < -0.4 is 28.4 Å². The molecular formula is C46H48N2O12. The zero-order valence-corrected chi connectivity index (χ0v) is 33.7. The van der Waals surface area contributed by atoms with Crippen molar-refractivity contribution in [3.05, 3.63) is 132 Å². The van der Waals surface area contributed by atoms with Crippen molar-refractivity contribution in [2.45, 2.75) is 39.5 Å². The number of rotatable bonds is 25. The van der Waals surface area contributed by atoms with Crippen LogP contribution in [0.5, 0.6) is 34.5 Å². The fraction of sp³-hybridized carbons (Fsp3) is 0.261. The number of hydrogen-bond donors (Lipinski definition) is 0. The van der Waals surface area contributed by atoms with Gasteiger partial charge in [0.05, 0.1) is 63.2 Å². The predicted octanol–water partition coefficient (Wildman–Crippen LogP) is 8.15.